The van der Waals surface area contributed by atoms with Gasteiger partial charge in [0.05, 0.1) is 0 Å². The number of rotatable bonds is 4. The third kappa shape index (κ3) is 4.04. The van der Waals surface area contributed by atoms with E-state index in [1.165, 1.54) is 5.41 Å². The molecule has 0 radical (unpaired) electrons. The average Bonchev–Trinajstić information content (AvgIpc) is 3.01. The van der Waals surface area contributed by atoms with Gasteiger partial charge in [-0.25, -0.2) is 8.42 Å². The Kier molecular flexibility index (Phi) is 4.89. The van der Waals surface area contributed by atoms with Gasteiger partial charge in [-0.05, 0) is 31.4 Å². The molecule has 0 amide bonds. The summed E-state index contributed by atoms with van der Waals surface area (Å²) in [4.78, 5) is 0. The van der Waals surface area contributed by atoms with Gasteiger partial charge in [0.1, 0.15) is 10.0 Å². The van der Waals surface area contributed by atoms with Crippen molar-refractivity contribution >= 4 is 27.4 Å². The molecule has 5 nitrogen and oxygen atoms in total. The summed E-state index contributed by atoms with van der Waals surface area (Å²) in [7, 11) is -3.41. The van der Waals surface area contributed by atoms with E-state index in [0.29, 0.717) is 13.1 Å². The third-order valence-electron chi connectivity index (χ3n) is 3.87. The molecular weight excluding hydrogens is 330 g/mol. The minimum atomic E-state index is -3.41. The molecule has 1 fully saturated rings. The molecule has 0 spiro atoms. The quantitative estimate of drug-likeness (QED) is 0.851. The maximum absolute atomic E-state index is 12.5. The summed E-state index contributed by atoms with van der Waals surface area (Å²) >= 11 is 1.56. The van der Waals surface area contributed by atoms with E-state index in [1.54, 1.807) is 21.7 Å². The number of aromatic nitrogens is 2. The van der Waals surface area contributed by atoms with Gasteiger partial charge in [0, 0.05) is 24.4 Å². The van der Waals surface area contributed by atoms with Crippen LogP contribution in [0.25, 0.3) is 6.08 Å². The van der Waals surface area contributed by atoms with E-state index in [1.807, 2.05) is 37.3 Å². The van der Waals surface area contributed by atoms with Crippen LogP contribution in [0.1, 0.15) is 34.3 Å². The molecule has 1 unspecified atom stereocenters. The molecule has 3 rings (SSSR count). The molecule has 1 aliphatic rings. The SMILES string of the molecule is Cc1nnc(C2CCCN(S(=O)(=O)/C=C/c3ccccc3)C2)s1. The monoisotopic (exact) mass is 349 g/mol. The Morgan fingerprint density at radius 2 is 2.04 bits per heavy atom. The van der Waals surface area contributed by atoms with Crippen molar-refractivity contribution in [1.82, 2.24) is 14.5 Å². The average molecular weight is 349 g/mol. The Morgan fingerprint density at radius 3 is 2.74 bits per heavy atom. The molecule has 0 N–H and O–H groups in total. The van der Waals surface area contributed by atoms with E-state index in [2.05, 4.69) is 10.2 Å². The zero-order chi connectivity index (χ0) is 16.3. The fourth-order valence-electron chi connectivity index (χ4n) is 2.67. The molecule has 0 bridgehead atoms. The van der Waals surface area contributed by atoms with Crippen LogP contribution in [0.4, 0.5) is 0 Å². The minimum Gasteiger partial charge on any atom is -0.208 e. The van der Waals surface area contributed by atoms with Crippen molar-refractivity contribution in [3.63, 3.8) is 0 Å². The molecule has 7 heteroatoms. The zero-order valence-corrected chi connectivity index (χ0v) is 14.6. The Morgan fingerprint density at radius 1 is 1.26 bits per heavy atom. The van der Waals surface area contributed by atoms with Gasteiger partial charge >= 0.3 is 0 Å². The number of sulfonamides is 1. The van der Waals surface area contributed by atoms with Gasteiger partial charge in [-0.1, -0.05) is 30.3 Å². The first-order valence-corrected chi connectivity index (χ1v) is 9.90. The molecule has 0 saturated carbocycles. The second-order valence-corrected chi connectivity index (χ2v) is 8.65. The zero-order valence-electron chi connectivity index (χ0n) is 12.9. The van der Waals surface area contributed by atoms with Crippen molar-refractivity contribution in [1.29, 1.82) is 0 Å². The number of hydrogen-bond acceptors (Lipinski definition) is 5. The highest BCUT2D eigenvalue weighted by molar-refractivity contribution is 7.92. The molecule has 1 aliphatic heterocycles. The van der Waals surface area contributed by atoms with Crippen LogP contribution in [-0.4, -0.2) is 36.0 Å². The summed E-state index contributed by atoms with van der Waals surface area (Å²) in [5.41, 5.74) is 0.879. The fraction of sp³-hybridized carbons (Fsp3) is 0.375. The van der Waals surface area contributed by atoms with E-state index in [0.717, 1.165) is 28.4 Å². The van der Waals surface area contributed by atoms with Gasteiger partial charge in [0.25, 0.3) is 0 Å². The fourth-order valence-corrected chi connectivity index (χ4v) is 4.76. The Hall–Kier alpha value is -1.57. The third-order valence-corrected chi connectivity index (χ3v) is 6.40. The summed E-state index contributed by atoms with van der Waals surface area (Å²) in [5.74, 6) is 0.148. The first-order valence-electron chi connectivity index (χ1n) is 7.58. The summed E-state index contributed by atoms with van der Waals surface area (Å²) < 4.78 is 26.6. The van der Waals surface area contributed by atoms with Crippen LogP contribution in [0.2, 0.25) is 0 Å². The standard InChI is InChI=1S/C16H19N3O2S2/c1-13-17-18-16(22-13)15-8-5-10-19(12-15)23(20,21)11-9-14-6-3-2-4-7-14/h2-4,6-7,9,11,15H,5,8,10,12H2,1H3/b11-9+. The topological polar surface area (TPSA) is 63.2 Å². The molecule has 0 aliphatic carbocycles. The summed E-state index contributed by atoms with van der Waals surface area (Å²) in [6, 6.07) is 9.46. The van der Waals surface area contributed by atoms with Crippen LogP contribution in [0.3, 0.4) is 0 Å². The lowest BCUT2D eigenvalue weighted by molar-refractivity contribution is 0.318. The lowest BCUT2D eigenvalue weighted by Crippen LogP contribution is -2.37. The van der Waals surface area contributed by atoms with Crippen molar-refractivity contribution < 1.29 is 8.42 Å². The molecule has 1 aromatic heterocycles. The smallest absolute Gasteiger partial charge is 0.208 e. The molecule has 2 heterocycles. The van der Waals surface area contributed by atoms with Gasteiger partial charge in [-0.15, -0.1) is 21.5 Å². The van der Waals surface area contributed by atoms with Crippen molar-refractivity contribution in [2.24, 2.45) is 0 Å². The Labute approximate surface area is 140 Å². The van der Waals surface area contributed by atoms with Gasteiger partial charge in [-0.2, -0.15) is 4.31 Å². The van der Waals surface area contributed by atoms with E-state index in [-0.39, 0.29) is 5.92 Å². The summed E-state index contributed by atoms with van der Waals surface area (Å²) in [6.07, 6.45) is 3.46. The first kappa shape index (κ1) is 16.3. The van der Waals surface area contributed by atoms with Crippen LogP contribution in [-0.2, 0) is 10.0 Å². The highest BCUT2D eigenvalue weighted by Crippen LogP contribution is 2.30. The van der Waals surface area contributed by atoms with Crippen LogP contribution in [0, 0.1) is 6.92 Å². The highest BCUT2D eigenvalue weighted by Gasteiger charge is 2.29. The number of nitrogens with zero attached hydrogens (tertiary/aromatic N) is 3. The van der Waals surface area contributed by atoms with Gasteiger partial charge in [0.15, 0.2) is 0 Å². The first-order chi connectivity index (χ1) is 11.0. The van der Waals surface area contributed by atoms with Crippen LogP contribution >= 0.6 is 11.3 Å². The lowest BCUT2D eigenvalue weighted by Gasteiger charge is -2.29. The second-order valence-electron chi connectivity index (χ2n) is 5.61. The van der Waals surface area contributed by atoms with Gasteiger partial charge in [0.2, 0.25) is 10.0 Å². The summed E-state index contributed by atoms with van der Waals surface area (Å²) in [5, 5.41) is 11.4. The highest BCUT2D eigenvalue weighted by atomic mass is 32.2. The molecule has 23 heavy (non-hydrogen) atoms. The molecule has 2 aromatic rings. The van der Waals surface area contributed by atoms with Crippen LogP contribution in [0.5, 0.6) is 0 Å². The molecular formula is C16H19N3O2S2. The van der Waals surface area contributed by atoms with Crippen LogP contribution < -0.4 is 0 Å². The maximum atomic E-state index is 12.5. The largest absolute Gasteiger partial charge is 0.236 e. The lowest BCUT2D eigenvalue weighted by atomic mass is 10.0. The predicted octanol–water partition coefficient (Wildman–Crippen LogP) is 3.03. The van der Waals surface area contributed by atoms with E-state index >= 15 is 0 Å². The van der Waals surface area contributed by atoms with E-state index in [9.17, 15) is 8.42 Å². The second kappa shape index (κ2) is 6.90. The molecule has 122 valence electrons. The van der Waals surface area contributed by atoms with Crippen molar-refractivity contribution in [2.45, 2.75) is 25.7 Å². The minimum absolute atomic E-state index is 0.148. The Balaban J connectivity index is 1.73. The van der Waals surface area contributed by atoms with Crippen molar-refractivity contribution in [2.75, 3.05) is 13.1 Å². The number of piperidine rings is 1. The molecule has 1 atom stereocenters. The van der Waals surface area contributed by atoms with Crippen molar-refractivity contribution in [3.8, 4) is 0 Å². The number of hydrogen-bond donors (Lipinski definition) is 0. The number of benzene rings is 1. The maximum Gasteiger partial charge on any atom is 0.236 e. The molecule has 1 aromatic carbocycles. The van der Waals surface area contributed by atoms with E-state index in [4.69, 9.17) is 0 Å². The molecule has 1 saturated heterocycles. The van der Waals surface area contributed by atoms with E-state index < -0.39 is 10.0 Å². The van der Waals surface area contributed by atoms with Crippen LogP contribution in [0.15, 0.2) is 35.7 Å². The normalized spacial score (nSPS) is 20.1. The predicted molar refractivity (Wildman–Crippen MR) is 92.6 cm³/mol. The van der Waals surface area contributed by atoms with Gasteiger partial charge in [-0.3, -0.25) is 0 Å². The summed E-state index contributed by atoms with van der Waals surface area (Å²) in [6.45, 7) is 2.97. The van der Waals surface area contributed by atoms with Gasteiger partial charge < -0.3 is 0 Å². The van der Waals surface area contributed by atoms with Crippen molar-refractivity contribution in [3.05, 3.63) is 51.3 Å². The number of aryl methyl sites for hydroxylation is 1. The Bertz CT molecular complexity index is 785.